The third-order valence-electron chi connectivity index (χ3n) is 5.77. The Morgan fingerprint density at radius 3 is 2.71 bits per heavy atom. The summed E-state index contributed by atoms with van der Waals surface area (Å²) in [4.78, 5) is 20.6. The number of nitrogens with one attached hydrogen (secondary N) is 1. The van der Waals surface area contributed by atoms with Crippen molar-refractivity contribution in [3.05, 3.63) is 24.3 Å². The van der Waals surface area contributed by atoms with E-state index >= 15 is 0 Å². The SMILES string of the molecule is O=C(NCC1CCC(c2ccnc3ncnn23)CC1)C1CCCC1. The van der Waals surface area contributed by atoms with Gasteiger partial charge in [-0.15, -0.1) is 0 Å². The Labute approximate surface area is 142 Å². The van der Waals surface area contributed by atoms with Crippen LogP contribution in [0, 0.1) is 11.8 Å². The molecule has 2 aromatic heterocycles. The predicted octanol–water partition coefficient (Wildman–Crippen LogP) is 2.70. The zero-order valence-corrected chi connectivity index (χ0v) is 14.0. The zero-order valence-electron chi connectivity index (χ0n) is 14.0. The molecule has 1 N–H and O–H groups in total. The van der Waals surface area contributed by atoms with Gasteiger partial charge in [0.2, 0.25) is 5.91 Å². The summed E-state index contributed by atoms with van der Waals surface area (Å²) in [5.74, 6) is 2.36. The van der Waals surface area contributed by atoms with E-state index < -0.39 is 0 Å². The summed E-state index contributed by atoms with van der Waals surface area (Å²) in [7, 11) is 0. The molecule has 6 heteroatoms. The zero-order chi connectivity index (χ0) is 16.4. The molecule has 2 aromatic rings. The molecule has 4 rings (SSSR count). The van der Waals surface area contributed by atoms with Gasteiger partial charge in [-0.3, -0.25) is 4.79 Å². The number of fused-ring (bicyclic) bond motifs is 1. The van der Waals surface area contributed by atoms with E-state index in [0.29, 0.717) is 17.6 Å². The molecule has 2 aliphatic carbocycles. The summed E-state index contributed by atoms with van der Waals surface area (Å²) >= 11 is 0. The van der Waals surface area contributed by atoms with Crippen molar-refractivity contribution >= 4 is 11.7 Å². The average Bonchev–Trinajstić information content (AvgIpc) is 3.31. The molecular weight excluding hydrogens is 302 g/mol. The minimum absolute atomic E-state index is 0.277. The van der Waals surface area contributed by atoms with Gasteiger partial charge in [0.15, 0.2) is 0 Å². The van der Waals surface area contributed by atoms with Crippen molar-refractivity contribution in [2.45, 2.75) is 57.3 Å². The molecule has 2 saturated carbocycles. The lowest BCUT2D eigenvalue weighted by Gasteiger charge is -2.29. The Hall–Kier alpha value is -1.98. The lowest BCUT2D eigenvalue weighted by atomic mass is 9.80. The lowest BCUT2D eigenvalue weighted by Crippen LogP contribution is -2.34. The maximum atomic E-state index is 12.2. The van der Waals surface area contributed by atoms with E-state index in [9.17, 15) is 4.79 Å². The Morgan fingerprint density at radius 1 is 1.12 bits per heavy atom. The number of hydrogen-bond donors (Lipinski definition) is 1. The second-order valence-electron chi connectivity index (χ2n) is 7.29. The minimum Gasteiger partial charge on any atom is -0.356 e. The highest BCUT2D eigenvalue weighted by Crippen LogP contribution is 2.35. The van der Waals surface area contributed by atoms with Crippen LogP contribution in [0.4, 0.5) is 0 Å². The Balaban J connectivity index is 1.30. The van der Waals surface area contributed by atoms with Crippen LogP contribution in [0.1, 0.15) is 63.0 Å². The number of rotatable bonds is 4. The molecule has 2 fully saturated rings. The molecule has 0 spiro atoms. The monoisotopic (exact) mass is 327 g/mol. The molecule has 128 valence electrons. The second-order valence-corrected chi connectivity index (χ2v) is 7.29. The van der Waals surface area contributed by atoms with Crippen LogP contribution in [-0.4, -0.2) is 32.0 Å². The van der Waals surface area contributed by atoms with Crippen LogP contribution in [0.5, 0.6) is 0 Å². The Morgan fingerprint density at radius 2 is 1.92 bits per heavy atom. The van der Waals surface area contributed by atoms with Crippen LogP contribution in [0.2, 0.25) is 0 Å². The van der Waals surface area contributed by atoms with Gasteiger partial charge in [0.05, 0.1) is 5.69 Å². The van der Waals surface area contributed by atoms with Gasteiger partial charge in [-0.1, -0.05) is 12.8 Å². The van der Waals surface area contributed by atoms with Crippen molar-refractivity contribution < 1.29 is 4.79 Å². The number of amides is 1. The molecule has 2 heterocycles. The van der Waals surface area contributed by atoms with Crippen LogP contribution in [-0.2, 0) is 4.79 Å². The maximum Gasteiger partial charge on any atom is 0.252 e. The number of carbonyl (C=O) groups excluding carboxylic acids is 1. The fourth-order valence-corrected chi connectivity index (χ4v) is 4.31. The van der Waals surface area contributed by atoms with Gasteiger partial charge in [-0.25, -0.2) is 9.50 Å². The van der Waals surface area contributed by atoms with Gasteiger partial charge >= 0.3 is 0 Å². The molecule has 6 nitrogen and oxygen atoms in total. The van der Waals surface area contributed by atoms with Crippen LogP contribution < -0.4 is 5.32 Å². The third-order valence-corrected chi connectivity index (χ3v) is 5.77. The van der Waals surface area contributed by atoms with Crippen LogP contribution >= 0.6 is 0 Å². The average molecular weight is 327 g/mol. The fraction of sp³-hybridized carbons (Fsp3) is 0.667. The van der Waals surface area contributed by atoms with Crippen LogP contribution in [0.15, 0.2) is 18.6 Å². The first-order valence-electron chi connectivity index (χ1n) is 9.23. The standard InChI is InChI=1S/C18H25N5O/c24-17(15-3-1-2-4-15)20-11-13-5-7-14(8-6-13)16-9-10-19-18-21-12-22-23(16)18/h9-10,12-15H,1-8,11H2,(H,20,24). The number of carbonyl (C=O) groups is 1. The molecule has 1 amide bonds. The topological polar surface area (TPSA) is 72.2 Å². The molecule has 0 aliphatic heterocycles. The second kappa shape index (κ2) is 6.87. The summed E-state index contributed by atoms with van der Waals surface area (Å²) in [6.07, 6.45) is 12.6. The molecule has 0 saturated heterocycles. The van der Waals surface area contributed by atoms with Crippen LogP contribution in [0.3, 0.4) is 0 Å². The molecule has 0 aromatic carbocycles. The highest BCUT2D eigenvalue weighted by molar-refractivity contribution is 5.78. The summed E-state index contributed by atoms with van der Waals surface area (Å²) in [6.45, 7) is 0.844. The lowest BCUT2D eigenvalue weighted by molar-refractivity contribution is -0.125. The van der Waals surface area contributed by atoms with Gasteiger partial charge in [0.1, 0.15) is 6.33 Å². The van der Waals surface area contributed by atoms with E-state index in [1.165, 1.54) is 18.5 Å². The van der Waals surface area contributed by atoms with Gasteiger partial charge in [-0.2, -0.15) is 10.1 Å². The molecular formula is C18H25N5O. The summed E-state index contributed by atoms with van der Waals surface area (Å²) in [5, 5.41) is 7.50. The number of nitrogens with zero attached hydrogens (tertiary/aromatic N) is 4. The van der Waals surface area contributed by atoms with E-state index in [4.69, 9.17) is 0 Å². The van der Waals surface area contributed by atoms with Crippen molar-refractivity contribution in [3.8, 4) is 0 Å². The van der Waals surface area contributed by atoms with Crippen molar-refractivity contribution in [2.75, 3.05) is 6.54 Å². The first-order valence-corrected chi connectivity index (χ1v) is 9.23. The van der Waals surface area contributed by atoms with E-state index in [-0.39, 0.29) is 11.8 Å². The van der Waals surface area contributed by atoms with Crippen molar-refractivity contribution in [1.29, 1.82) is 0 Å². The van der Waals surface area contributed by atoms with Gasteiger partial charge in [0, 0.05) is 24.6 Å². The summed E-state index contributed by atoms with van der Waals surface area (Å²) in [6, 6.07) is 2.06. The Kier molecular flexibility index (Phi) is 4.45. The maximum absolute atomic E-state index is 12.2. The summed E-state index contributed by atoms with van der Waals surface area (Å²) < 4.78 is 1.87. The van der Waals surface area contributed by atoms with E-state index in [1.807, 2.05) is 10.7 Å². The molecule has 0 radical (unpaired) electrons. The first-order chi connectivity index (χ1) is 11.8. The van der Waals surface area contributed by atoms with Crippen LogP contribution in [0.25, 0.3) is 5.78 Å². The number of aromatic nitrogens is 4. The Bertz CT molecular complexity index is 698. The molecule has 24 heavy (non-hydrogen) atoms. The van der Waals surface area contributed by atoms with Crippen molar-refractivity contribution in [2.24, 2.45) is 11.8 Å². The molecule has 0 atom stereocenters. The first kappa shape index (κ1) is 15.5. The van der Waals surface area contributed by atoms with Gasteiger partial charge in [0.25, 0.3) is 5.78 Å². The summed E-state index contributed by atoms with van der Waals surface area (Å²) in [5.41, 5.74) is 1.21. The van der Waals surface area contributed by atoms with E-state index in [0.717, 1.165) is 45.1 Å². The largest absolute Gasteiger partial charge is 0.356 e. The highest BCUT2D eigenvalue weighted by Gasteiger charge is 2.26. The third kappa shape index (κ3) is 3.14. The normalized spacial score (nSPS) is 25.2. The van der Waals surface area contributed by atoms with Gasteiger partial charge < -0.3 is 5.32 Å². The quantitative estimate of drug-likeness (QED) is 0.937. The van der Waals surface area contributed by atoms with Crippen molar-refractivity contribution in [1.82, 2.24) is 24.9 Å². The molecule has 0 unspecified atom stereocenters. The predicted molar refractivity (Wildman–Crippen MR) is 90.4 cm³/mol. The van der Waals surface area contributed by atoms with Crippen molar-refractivity contribution in [3.63, 3.8) is 0 Å². The fourth-order valence-electron chi connectivity index (χ4n) is 4.31. The highest BCUT2D eigenvalue weighted by atomic mass is 16.1. The van der Waals surface area contributed by atoms with Gasteiger partial charge in [-0.05, 0) is 50.5 Å². The molecule has 0 bridgehead atoms. The van der Waals surface area contributed by atoms with E-state index in [1.54, 1.807) is 6.33 Å². The number of hydrogen-bond acceptors (Lipinski definition) is 4. The van der Waals surface area contributed by atoms with E-state index in [2.05, 4.69) is 26.4 Å². The molecule has 2 aliphatic rings. The smallest absolute Gasteiger partial charge is 0.252 e. The minimum atomic E-state index is 0.277.